The number of morpholine rings is 1. The first-order valence-corrected chi connectivity index (χ1v) is 7.34. The van der Waals surface area contributed by atoms with E-state index in [1.165, 1.54) is 5.56 Å². The van der Waals surface area contributed by atoms with Crippen LogP contribution in [0.5, 0.6) is 0 Å². The van der Waals surface area contributed by atoms with Gasteiger partial charge in [-0.2, -0.15) is 0 Å². The second kappa shape index (κ2) is 8.19. The van der Waals surface area contributed by atoms with E-state index in [0.717, 1.165) is 51.7 Å². The maximum atomic E-state index is 5.53. The summed E-state index contributed by atoms with van der Waals surface area (Å²) in [4.78, 5) is 6.95. The van der Waals surface area contributed by atoms with Crippen molar-refractivity contribution in [1.29, 1.82) is 0 Å². The van der Waals surface area contributed by atoms with Crippen LogP contribution in [0.2, 0.25) is 0 Å². The Morgan fingerprint density at radius 3 is 3.10 bits per heavy atom. The Hall–Kier alpha value is -1.17. The van der Waals surface area contributed by atoms with E-state index in [4.69, 9.17) is 9.47 Å². The number of hydrogen-bond acceptors (Lipinski definition) is 5. The molecule has 1 aromatic rings. The summed E-state index contributed by atoms with van der Waals surface area (Å²) < 4.78 is 10.5. The quantitative estimate of drug-likeness (QED) is 0.765. The SMILES string of the molecule is CCC1COCCN1c1ccc(CNCCOC)cn1. The molecule has 112 valence electrons. The van der Waals surface area contributed by atoms with Crippen LogP contribution in [0.25, 0.3) is 0 Å². The number of pyridine rings is 1. The number of nitrogens with zero attached hydrogens (tertiary/aromatic N) is 2. The number of rotatable bonds is 7. The average molecular weight is 279 g/mol. The summed E-state index contributed by atoms with van der Waals surface area (Å²) in [6, 6.07) is 4.70. The molecule has 20 heavy (non-hydrogen) atoms. The average Bonchev–Trinajstić information content (AvgIpc) is 2.52. The van der Waals surface area contributed by atoms with Crippen molar-refractivity contribution < 1.29 is 9.47 Å². The summed E-state index contributed by atoms with van der Waals surface area (Å²) >= 11 is 0. The van der Waals surface area contributed by atoms with E-state index in [1.54, 1.807) is 7.11 Å². The third-order valence-corrected chi connectivity index (χ3v) is 3.61. The highest BCUT2D eigenvalue weighted by molar-refractivity contribution is 5.41. The summed E-state index contributed by atoms with van der Waals surface area (Å²) in [7, 11) is 1.71. The van der Waals surface area contributed by atoms with Crippen LogP contribution >= 0.6 is 0 Å². The molecule has 1 N–H and O–H groups in total. The monoisotopic (exact) mass is 279 g/mol. The van der Waals surface area contributed by atoms with Gasteiger partial charge in [-0.1, -0.05) is 13.0 Å². The molecule has 1 saturated heterocycles. The summed E-state index contributed by atoms with van der Waals surface area (Å²) in [6.45, 7) is 7.14. The van der Waals surface area contributed by atoms with Crippen LogP contribution < -0.4 is 10.2 Å². The van der Waals surface area contributed by atoms with Crippen molar-refractivity contribution in [2.45, 2.75) is 25.9 Å². The van der Waals surface area contributed by atoms with E-state index in [-0.39, 0.29) is 0 Å². The van der Waals surface area contributed by atoms with E-state index < -0.39 is 0 Å². The summed E-state index contributed by atoms with van der Waals surface area (Å²) in [5.41, 5.74) is 1.20. The maximum absolute atomic E-state index is 5.53. The fraction of sp³-hybridized carbons (Fsp3) is 0.667. The molecule has 1 fully saturated rings. The van der Waals surface area contributed by atoms with Crippen molar-refractivity contribution >= 4 is 5.82 Å². The number of anilines is 1. The van der Waals surface area contributed by atoms with Gasteiger partial charge in [-0.3, -0.25) is 0 Å². The van der Waals surface area contributed by atoms with Gasteiger partial charge in [-0.25, -0.2) is 4.98 Å². The number of hydrogen-bond donors (Lipinski definition) is 1. The van der Waals surface area contributed by atoms with E-state index in [2.05, 4.69) is 34.3 Å². The molecule has 0 bridgehead atoms. The molecule has 1 aliphatic rings. The molecule has 5 heteroatoms. The van der Waals surface area contributed by atoms with Gasteiger partial charge in [0.2, 0.25) is 0 Å². The molecule has 0 spiro atoms. The zero-order chi connectivity index (χ0) is 14.2. The van der Waals surface area contributed by atoms with Crippen LogP contribution in [-0.2, 0) is 16.0 Å². The van der Waals surface area contributed by atoms with Gasteiger partial charge < -0.3 is 19.7 Å². The van der Waals surface area contributed by atoms with Gasteiger partial charge in [0.15, 0.2) is 0 Å². The zero-order valence-electron chi connectivity index (χ0n) is 12.5. The van der Waals surface area contributed by atoms with E-state index >= 15 is 0 Å². The van der Waals surface area contributed by atoms with Crippen molar-refractivity contribution in [2.75, 3.05) is 44.9 Å². The number of ether oxygens (including phenoxy) is 2. The van der Waals surface area contributed by atoms with Crippen LogP contribution in [-0.4, -0.2) is 51.0 Å². The largest absolute Gasteiger partial charge is 0.383 e. The van der Waals surface area contributed by atoms with E-state index in [9.17, 15) is 0 Å². The van der Waals surface area contributed by atoms with Crippen molar-refractivity contribution in [3.63, 3.8) is 0 Å². The predicted octanol–water partition coefficient (Wildman–Crippen LogP) is 1.43. The Kier molecular flexibility index (Phi) is 6.24. The minimum Gasteiger partial charge on any atom is -0.383 e. The Balaban J connectivity index is 1.89. The normalized spacial score (nSPS) is 19.3. The molecule has 0 radical (unpaired) electrons. The zero-order valence-corrected chi connectivity index (χ0v) is 12.5. The number of methoxy groups -OCH3 is 1. The lowest BCUT2D eigenvalue weighted by Gasteiger charge is -2.36. The summed E-state index contributed by atoms with van der Waals surface area (Å²) in [5, 5.41) is 3.32. The molecule has 2 heterocycles. The first kappa shape index (κ1) is 15.2. The molecule has 0 aromatic carbocycles. The Morgan fingerprint density at radius 2 is 2.40 bits per heavy atom. The Labute approximate surface area is 121 Å². The molecule has 0 aliphatic carbocycles. The minimum absolute atomic E-state index is 0.446. The fourth-order valence-electron chi connectivity index (χ4n) is 2.39. The van der Waals surface area contributed by atoms with E-state index in [0.29, 0.717) is 6.04 Å². The van der Waals surface area contributed by atoms with Crippen LogP contribution in [0, 0.1) is 0 Å². The Bertz CT molecular complexity index is 383. The highest BCUT2D eigenvalue weighted by atomic mass is 16.5. The third-order valence-electron chi connectivity index (χ3n) is 3.61. The van der Waals surface area contributed by atoms with Crippen molar-refractivity contribution in [3.05, 3.63) is 23.9 Å². The smallest absolute Gasteiger partial charge is 0.128 e. The molecule has 1 aliphatic heterocycles. The predicted molar refractivity (Wildman–Crippen MR) is 80.1 cm³/mol. The lowest BCUT2D eigenvalue weighted by molar-refractivity contribution is 0.0925. The van der Waals surface area contributed by atoms with Gasteiger partial charge >= 0.3 is 0 Å². The second-order valence-electron chi connectivity index (χ2n) is 5.02. The van der Waals surface area contributed by atoms with Gasteiger partial charge in [0.1, 0.15) is 5.82 Å². The lowest BCUT2D eigenvalue weighted by Crippen LogP contribution is -2.45. The standard InChI is InChI=1S/C15H25N3O2/c1-3-14-12-20-9-7-18(14)15-5-4-13(11-17-15)10-16-6-8-19-2/h4-5,11,14,16H,3,6-10,12H2,1-2H3. The highest BCUT2D eigenvalue weighted by Crippen LogP contribution is 2.19. The molecule has 1 aromatic heterocycles. The topological polar surface area (TPSA) is 46.6 Å². The molecule has 0 saturated carbocycles. The molecule has 1 unspecified atom stereocenters. The van der Waals surface area contributed by atoms with Gasteiger partial charge in [-0.05, 0) is 18.1 Å². The van der Waals surface area contributed by atoms with Crippen LogP contribution in [0.1, 0.15) is 18.9 Å². The van der Waals surface area contributed by atoms with Gasteiger partial charge in [0.05, 0.1) is 25.9 Å². The van der Waals surface area contributed by atoms with Crippen LogP contribution in [0.15, 0.2) is 18.3 Å². The van der Waals surface area contributed by atoms with Gasteiger partial charge in [0.25, 0.3) is 0 Å². The summed E-state index contributed by atoms with van der Waals surface area (Å²) in [5.74, 6) is 1.06. The molecule has 0 amide bonds. The van der Waals surface area contributed by atoms with Crippen molar-refractivity contribution in [1.82, 2.24) is 10.3 Å². The first-order chi connectivity index (χ1) is 9.85. The Morgan fingerprint density at radius 1 is 1.50 bits per heavy atom. The first-order valence-electron chi connectivity index (χ1n) is 7.34. The highest BCUT2D eigenvalue weighted by Gasteiger charge is 2.22. The van der Waals surface area contributed by atoms with Crippen LogP contribution in [0.3, 0.4) is 0 Å². The van der Waals surface area contributed by atoms with Gasteiger partial charge in [0, 0.05) is 32.9 Å². The molecular formula is C15H25N3O2. The van der Waals surface area contributed by atoms with E-state index in [1.807, 2.05) is 6.20 Å². The second-order valence-corrected chi connectivity index (χ2v) is 5.02. The third kappa shape index (κ3) is 4.16. The number of aromatic nitrogens is 1. The fourth-order valence-corrected chi connectivity index (χ4v) is 2.39. The van der Waals surface area contributed by atoms with Gasteiger partial charge in [-0.15, -0.1) is 0 Å². The molecule has 2 rings (SSSR count). The van der Waals surface area contributed by atoms with Crippen molar-refractivity contribution in [2.24, 2.45) is 0 Å². The summed E-state index contributed by atoms with van der Waals surface area (Å²) in [6.07, 6.45) is 3.04. The molecule has 5 nitrogen and oxygen atoms in total. The molecule has 1 atom stereocenters. The number of nitrogens with one attached hydrogen (secondary N) is 1. The minimum atomic E-state index is 0.446. The van der Waals surface area contributed by atoms with Crippen molar-refractivity contribution in [3.8, 4) is 0 Å². The molecular weight excluding hydrogens is 254 g/mol. The lowest BCUT2D eigenvalue weighted by atomic mass is 10.1. The van der Waals surface area contributed by atoms with Crippen LogP contribution in [0.4, 0.5) is 5.82 Å². The maximum Gasteiger partial charge on any atom is 0.128 e.